The minimum Gasteiger partial charge on any atom is -0.359 e. The van der Waals surface area contributed by atoms with Crippen LogP contribution in [-0.2, 0) is 0 Å². The molecule has 0 saturated carbocycles. The molecule has 1 aromatic carbocycles. The van der Waals surface area contributed by atoms with E-state index in [-0.39, 0.29) is 0 Å². The van der Waals surface area contributed by atoms with Crippen molar-refractivity contribution in [2.24, 2.45) is 0 Å². The molecule has 2 N–H and O–H groups in total. The number of nitrogens with one attached hydrogen (secondary N) is 2. The van der Waals surface area contributed by atoms with Gasteiger partial charge in [0.05, 0.1) is 0 Å². The average molecular weight is 248 g/mol. The molecule has 0 amide bonds. The van der Waals surface area contributed by atoms with Crippen LogP contribution in [0, 0.1) is 20.8 Å². The highest BCUT2D eigenvalue weighted by atomic mass is 32.1. The SMILES string of the molecule is C=C(C)CNC(=S)Nc1c(C)cc(C)cc1C. The van der Waals surface area contributed by atoms with Gasteiger partial charge in [-0.05, 0) is 51.0 Å². The highest BCUT2D eigenvalue weighted by molar-refractivity contribution is 7.80. The van der Waals surface area contributed by atoms with Crippen molar-refractivity contribution in [1.82, 2.24) is 5.32 Å². The number of hydrogen-bond donors (Lipinski definition) is 2. The van der Waals surface area contributed by atoms with Crippen molar-refractivity contribution in [3.63, 3.8) is 0 Å². The van der Waals surface area contributed by atoms with Gasteiger partial charge in [0.25, 0.3) is 0 Å². The Balaban J connectivity index is 2.75. The van der Waals surface area contributed by atoms with Crippen molar-refractivity contribution in [3.8, 4) is 0 Å². The van der Waals surface area contributed by atoms with Crippen molar-refractivity contribution in [2.75, 3.05) is 11.9 Å². The fourth-order valence-electron chi connectivity index (χ4n) is 1.77. The molecule has 0 aliphatic heterocycles. The van der Waals surface area contributed by atoms with Gasteiger partial charge in [0.2, 0.25) is 0 Å². The van der Waals surface area contributed by atoms with E-state index < -0.39 is 0 Å². The first-order valence-corrected chi connectivity index (χ1v) is 6.08. The highest BCUT2D eigenvalue weighted by Crippen LogP contribution is 2.21. The van der Waals surface area contributed by atoms with Crippen LogP contribution in [0.3, 0.4) is 0 Å². The molecule has 17 heavy (non-hydrogen) atoms. The van der Waals surface area contributed by atoms with Gasteiger partial charge in [-0.2, -0.15) is 0 Å². The summed E-state index contributed by atoms with van der Waals surface area (Å²) >= 11 is 5.24. The first-order valence-electron chi connectivity index (χ1n) is 5.67. The van der Waals surface area contributed by atoms with Crippen molar-refractivity contribution >= 4 is 23.0 Å². The van der Waals surface area contributed by atoms with Gasteiger partial charge in [0.1, 0.15) is 0 Å². The molecule has 0 aliphatic carbocycles. The van der Waals surface area contributed by atoms with Crippen molar-refractivity contribution < 1.29 is 0 Å². The molecule has 0 atom stereocenters. The van der Waals surface area contributed by atoms with E-state index in [4.69, 9.17) is 12.2 Å². The van der Waals surface area contributed by atoms with Crippen LogP contribution in [0.15, 0.2) is 24.3 Å². The third-order valence-electron chi connectivity index (χ3n) is 2.47. The van der Waals surface area contributed by atoms with E-state index in [2.05, 4.69) is 50.1 Å². The normalized spacial score (nSPS) is 9.88. The van der Waals surface area contributed by atoms with Gasteiger partial charge in [-0.1, -0.05) is 29.8 Å². The summed E-state index contributed by atoms with van der Waals surface area (Å²) in [6.45, 7) is 12.8. The van der Waals surface area contributed by atoms with Crippen LogP contribution < -0.4 is 10.6 Å². The molecule has 1 aromatic rings. The zero-order valence-corrected chi connectivity index (χ0v) is 11.8. The molecule has 2 nitrogen and oxygen atoms in total. The van der Waals surface area contributed by atoms with Crippen LogP contribution in [0.2, 0.25) is 0 Å². The maximum absolute atomic E-state index is 5.24. The van der Waals surface area contributed by atoms with E-state index in [9.17, 15) is 0 Å². The molecule has 0 bridgehead atoms. The number of benzene rings is 1. The van der Waals surface area contributed by atoms with E-state index in [1.54, 1.807) is 0 Å². The van der Waals surface area contributed by atoms with Gasteiger partial charge >= 0.3 is 0 Å². The monoisotopic (exact) mass is 248 g/mol. The highest BCUT2D eigenvalue weighted by Gasteiger charge is 2.05. The van der Waals surface area contributed by atoms with E-state index in [1.807, 2.05) is 6.92 Å². The fourth-order valence-corrected chi connectivity index (χ4v) is 1.94. The molecule has 0 aliphatic rings. The van der Waals surface area contributed by atoms with Crippen LogP contribution in [0.5, 0.6) is 0 Å². The van der Waals surface area contributed by atoms with Gasteiger partial charge < -0.3 is 10.6 Å². The predicted octanol–water partition coefficient (Wildman–Crippen LogP) is 3.47. The minimum absolute atomic E-state index is 0.642. The Hall–Kier alpha value is -1.35. The smallest absolute Gasteiger partial charge is 0.171 e. The van der Waals surface area contributed by atoms with Crippen LogP contribution in [0.1, 0.15) is 23.6 Å². The molecule has 0 fully saturated rings. The summed E-state index contributed by atoms with van der Waals surface area (Å²) in [5.74, 6) is 0. The lowest BCUT2D eigenvalue weighted by atomic mass is 10.1. The lowest BCUT2D eigenvalue weighted by Crippen LogP contribution is -2.30. The number of hydrogen-bond acceptors (Lipinski definition) is 1. The number of thiocarbonyl (C=S) groups is 1. The third kappa shape index (κ3) is 4.19. The summed E-state index contributed by atoms with van der Waals surface area (Å²) in [4.78, 5) is 0. The molecule has 3 heteroatoms. The second-order valence-corrected chi connectivity index (χ2v) is 4.95. The maximum atomic E-state index is 5.24. The number of anilines is 1. The van der Waals surface area contributed by atoms with E-state index in [0.29, 0.717) is 11.7 Å². The Labute approximate surface area is 109 Å². The molecule has 0 saturated heterocycles. The van der Waals surface area contributed by atoms with Gasteiger partial charge in [-0.15, -0.1) is 0 Å². The van der Waals surface area contributed by atoms with Crippen molar-refractivity contribution in [2.45, 2.75) is 27.7 Å². The Morgan fingerprint density at radius 3 is 2.24 bits per heavy atom. The van der Waals surface area contributed by atoms with Crippen LogP contribution in [0.4, 0.5) is 5.69 Å². The molecule has 0 spiro atoms. The summed E-state index contributed by atoms with van der Waals surface area (Å²) in [6.07, 6.45) is 0. The van der Waals surface area contributed by atoms with Crippen LogP contribution >= 0.6 is 12.2 Å². The van der Waals surface area contributed by atoms with Gasteiger partial charge in [0, 0.05) is 12.2 Å². The maximum Gasteiger partial charge on any atom is 0.171 e. The van der Waals surface area contributed by atoms with Gasteiger partial charge in [0.15, 0.2) is 5.11 Å². The Bertz CT molecular complexity index is 427. The molecular formula is C14H20N2S. The first-order chi connectivity index (χ1) is 7.90. The van der Waals surface area contributed by atoms with Crippen molar-refractivity contribution in [3.05, 3.63) is 41.0 Å². The molecule has 92 valence electrons. The Kier molecular flexibility index (Phi) is 4.70. The number of aryl methyl sites for hydroxylation is 3. The lowest BCUT2D eigenvalue weighted by molar-refractivity contribution is 0.999. The summed E-state index contributed by atoms with van der Waals surface area (Å²) < 4.78 is 0. The van der Waals surface area contributed by atoms with Crippen molar-refractivity contribution in [1.29, 1.82) is 0 Å². The fraction of sp³-hybridized carbons (Fsp3) is 0.357. The summed E-state index contributed by atoms with van der Waals surface area (Å²) in [7, 11) is 0. The second-order valence-electron chi connectivity index (χ2n) is 4.54. The second kappa shape index (κ2) is 5.82. The molecule has 0 aromatic heterocycles. The molecule has 0 heterocycles. The third-order valence-corrected chi connectivity index (χ3v) is 2.71. The average Bonchev–Trinajstić information content (AvgIpc) is 2.20. The zero-order chi connectivity index (χ0) is 13.0. The Morgan fingerprint density at radius 2 is 1.76 bits per heavy atom. The Morgan fingerprint density at radius 1 is 1.24 bits per heavy atom. The lowest BCUT2D eigenvalue weighted by Gasteiger charge is -2.15. The molecular weight excluding hydrogens is 228 g/mol. The summed E-state index contributed by atoms with van der Waals surface area (Å²) in [5, 5.41) is 7.00. The predicted molar refractivity (Wildman–Crippen MR) is 79.7 cm³/mol. The topological polar surface area (TPSA) is 24.1 Å². The van der Waals surface area contributed by atoms with E-state index >= 15 is 0 Å². The summed E-state index contributed by atoms with van der Waals surface area (Å²) in [6, 6.07) is 4.30. The standard InChI is InChI=1S/C14H20N2S/c1-9(2)8-15-14(17)16-13-11(4)6-10(3)7-12(13)5/h6-7H,1,8H2,2-5H3,(H2,15,16,17). The summed E-state index contributed by atoms with van der Waals surface area (Å²) in [5.41, 5.74) is 5.84. The molecule has 0 unspecified atom stereocenters. The largest absolute Gasteiger partial charge is 0.359 e. The van der Waals surface area contributed by atoms with Gasteiger partial charge in [-0.3, -0.25) is 0 Å². The van der Waals surface area contributed by atoms with E-state index in [0.717, 1.165) is 11.3 Å². The quantitative estimate of drug-likeness (QED) is 0.632. The zero-order valence-electron chi connectivity index (χ0n) is 11.0. The van der Waals surface area contributed by atoms with Gasteiger partial charge in [-0.25, -0.2) is 0 Å². The molecule has 1 rings (SSSR count). The van der Waals surface area contributed by atoms with Crippen LogP contribution in [0.25, 0.3) is 0 Å². The number of rotatable bonds is 3. The minimum atomic E-state index is 0.642. The van der Waals surface area contributed by atoms with Crippen LogP contribution in [-0.4, -0.2) is 11.7 Å². The first kappa shape index (κ1) is 13.7. The molecule has 0 radical (unpaired) electrons. The van der Waals surface area contributed by atoms with E-state index in [1.165, 1.54) is 16.7 Å².